The van der Waals surface area contributed by atoms with E-state index in [9.17, 15) is 4.79 Å². The lowest BCUT2D eigenvalue weighted by molar-refractivity contribution is -0.119. The molecule has 1 heterocycles. The van der Waals surface area contributed by atoms with Crippen LogP contribution in [0.1, 0.15) is 19.8 Å². The van der Waals surface area contributed by atoms with Crippen LogP contribution in [0.15, 0.2) is 0 Å². The van der Waals surface area contributed by atoms with E-state index in [0.29, 0.717) is 11.4 Å². The molecule has 0 bridgehead atoms. The van der Waals surface area contributed by atoms with Crippen molar-refractivity contribution in [2.24, 2.45) is 0 Å². The Bertz CT molecular complexity index is 167. The van der Waals surface area contributed by atoms with Crippen LogP contribution in [0.5, 0.6) is 0 Å². The van der Waals surface area contributed by atoms with Crippen LogP contribution in [0.4, 0.5) is 0 Å². The second-order valence-corrected chi connectivity index (χ2v) is 3.97. The second-order valence-electron chi connectivity index (χ2n) is 3.41. The normalized spacial score (nSPS) is 20.2. The largest absolute Gasteiger partial charge is 0.353 e. The van der Waals surface area contributed by atoms with Crippen LogP contribution in [0.2, 0.25) is 0 Å². The zero-order valence-electron chi connectivity index (χ0n) is 8.05. The van der Waals surface area contributed by atoms with Gasteiger partial charge in [-0.1, -0.05) is 22.9 Å². The molecule has 0 atom stereocenters. The fraction of sp³-hybridized carbons (Fsp3) is 0.889. The summed E-state index contributed by atoms with van der Waals surface area (Å²) in [6, 6.07) is 0.396. The Morgan fingerprint density at radius 3 is 2.62 bits per heavy atom. The van der Waals surface area contributed by atoms with Crippen molar-refractivity contribution in [1.82, 2.24) is 10.2 Å². The van der Waals surface area contributed by atoms with Gasteiger partial charge < -0.3 is 10.2 Å². The highest BCUT2D eigenvalue weighted by Crippen LogP contribution is 2.09. The number of nitrogens with one attached hydrogen (secondary N) is 1. The Kier molecular flexibility index (Phi) is 4.73. The number of rotatable bonds is 3. The van der Waals surface area contributed by atoms with Crippen LogP contribution in [0.25, 0.3) is 0 Å². The Balaban J connectivity index is 2.21. The number of nitrogens with zero attached hydrogens (tertiary/aromatic N) is 1. The lowest BCUT2D eigenvalue weighted by Gasteiger charge is -2.31. The first kappa shape index (κ1) is 11.0. The third-order valence-corrected chi connectivity index (χ3v) is 3.03. The molecular weight excluding hydrogens is 232 g/mol. The van der Waals surface area contributed by atoms with Crippen molar-refractivity contribution in [1.29, 1.82) is 0 Å². The van der Waals surface area contributed by atoms with E-state index in [-0.39, 0.29) is 5.91 Å². The van der Waals surface area contributed by atoms with Gasteiger partial charge in [0.2, 0.25) is 5.91 Å². The predicted molar refractivity (Wildman–Crippen MR) is 57.1 cm³/mol. The lowest BCUT2D eigenvalue weighted by Crippen LogP contribution is -2.44. The number of hydrogen-bond donors (Lipinski definition) is 1. The van der Waals surface area contributed by atoms with Crippen molar-refractivity contribution in [3.8, 4) is 0 Å². The van der Waals surface area contributed by atoms with Crippen molar-refractivity contribution in [3.05, 3.63) is 0 Å². The molecule has 0 spiro atoms. The van der Waals surface area contributed by atoms with Gasteiger partial charge in [-0.15, -0.1) is 0 Å². The predicted octanol–water partition coefficient (Wildman–Crippen LogP) is 0.982. The molecule has 0 aromatic carbocycles. The van der Waals surface area contributed by atoms with Crippen molar-refractivity contribution in [2.75, 3.05) is 25.0 Å². The maximum absolute atomic E-state index is 11.1. The van der Waals surface area contributed by atoms with Crippen molar-refractivity contribution < 1.29 is 4.79 Å². The molecular formula is C9H17BrN2O. The first-order valence-electron chi connectivity index (χ1n) is 4.84. The van der Waals surface area contributed by atoms with E-state index in [0.717, 1.165) is 32.5 Å². The van der Waals surface area contributed by atoms with Crippen LogP contribution >= 0.6 is 15.9 Å². The van der Waals surface area contributed by atoms with Gasteiger partial charge in [-0.3, -0.25) is 4.79 Å². The van der Waals surface area contributed by atoms with Gasteiger partial charge in [0.15, 0.2) is 0 Å². The molecule has 1 N–H and O–H groups in total. The van der Waals surface area contributed by atoms with E-state index in [4.69, 9.17) is 0 Å². The standard InChI is InChI=1S/C9H17BrN2O/c1-2-12-5-3-8(4-6-12)11-9(13)7-10/h8H,2-7H2,1H3,(H,11,13). The van der Waals surface area contributed by atoms with Crippen LogP contribution in [-0.2, 0) is 4.79 Å². The fourth-order valence-corrected chi connectivity index (χ4v) is 1.82. The summed E-state index contributed by atoms with van der Waals surface area (Å²) in [5.74, 6) is 0.106. The van der Waals surface area contributed by atoms with Crippen molar-refractivity contribution >= 4 is 21.8 Å². The summed E-state index contributed by atoms with van der Waals surface area (Å²) >= 11 is 3.14. The first-order valence-corrected chi connectivity index (χ1v) is 5.96. The molecule has 1 aliphatic rings. The minimum Gasteiger partial charge on any atom is -0.353 e. The SMILES string of the molecule is CCN1CCC(NC(=O)CBr)CC1. The van der Waals surface area contributed by atoms with E-state index in [2.05, 4.69) is 33.1 Å². The smallest absolute Gasteiger partial charge is 0.230 e. The Labute approximate surface area is 88.0 Å². The molecule has 0 radical (unpaired) electrons. The zero-order chi connectivity index (χ0) is 9.68. The number of halogens is 1. The lowest BCUT2D eigenvalue weighted by atomic mass is 10.1. The van der Waals surface area contributed by atoms with Gasteiger partial charge in [0.25, 0.3) is 0 Å². The van der Waals surface area contributed by atoms with E-state index in [1.165, 1.54) is 0 Å². The Morgan fingerprint density at radius 1 is 1.54 bits per heavy atom. The van der Waals surface area contributed by atoms with Crippen LogP contribution in [0.3, 0.4) is 0 Å². The summed E-state index contributed by atoms with van der Waals surface area (Å²) < 4.78 is 0. The quantitative estimate of drug-likeness (QED) is 0.756. The van der Waals surface area contributed by atoms with Gasteiger partial charge >= 0.3 is 0 Å². The fourth-order valence-electron chi connectivity index (χ4n) is 1.66. The number of carbonyl (C=O) groups is 1. The number of alkyl halides is 1. The molecule has 0 aromatic heterocycles. The summed E-state index contributed by atoms with van der Waals surface area (Å²) in [4.78, 5) is 13.5. The first-order chi connectivity index (χ1) is 6.26. The molecule has 0 unspecified atom stereocenters. The average molecular weight is 249 g/mol. The van der Waals surface area contributed by atoms with Crippen molar-refractivity contribution in [2.45, 2.75) is 25.8 Å². The number of amides is 1. The molecule has 13 heavy (non-hydrogen) atoms. The molecule has 1 fully saturated rings. The maximum atomic E-state index is 11.1. The highest BCUT2D eigenvalue weighted by Gasteiger charge is 2.18. The molecule has 3 nitrogen and oxygen atoms in total. The summed E-state index contributed by atoms with van der Waals surface area (Å²) in [6.45, 7) is 5.53. The molecule has 0 aliphatic carbocycles. The highest BCUT2D eigenvalue weighted by molar-refractivity contribution is 9.09. The highest BCUT2D eigenvalue weighted by atomic mass is 79.9. The Morgan fingerprint density at radius 2 is 2.15 bits per heavy atom. The van der Waals surface area contributed by atoms with Crippen LogP contribution < -0.4 is 5.32 Å². The van der Waals surface area contributed by atoms with Gasteiger partial charge in [0.1, 0.15) is 0 Å². The third-order valence-electron chi connectivity index (χ3n) is 2.52. The number of piperidine rings is 1. The van der Waals surface area contributed by atoms with Gasteiger partial charge in [0, 0.05) is 19.1 Å². The molecule has 76 valence electrons. The van der Waals surface area contributed by atoms with Gasteiger partial charge in [0.05, 0.1) is 5.33 Å². The van der Waals surface area contributed by atoms with Gasteiger partial charge in [-0.25, -0.2) is 0 Å². The Hall–Kier alpha value is -0.0900. The maximum Gasteiger partial charge on any atom is 0.230 e. The topological polar surface area (TPSA) is 32.3 Å². The van der Waals surface area contributed by atoms with Crippen molar-refractivity contribution in [3.63, 3.8) is 0 Å². The summed E-state index contributed by atoms with van der Waals surface area (Å²) in [5.41, 5.74) is 0. The van der Waals surface area contributed by atoms with E-state index in [1.807, 2.05) is 0 Å². The molecule has 1 saturated heterocycles. The summed E-state index contributed by atoms with van der Waals surface area (Å²) in [7, 11) is 0. The van der Waals surface area contributed by atoms with Crippen LogP contribution in [-0.4, -0.2) is 41.8 Å². The number of hydrogen-bond acceptors (Lipinski definition) is 2. The van der Waals surface area contributed by atoms with E-state index in [1.54, 1.807) is 0 Å². The third kappa shape index (κ3) is 3.65. The summed E-state index contributed by atoms with van der Waals surface area (Å²) in [6.07, 6.45) is 2.18. The molecule has 1 amide bonds. The molecule has 1 rings (SSSR count). The zero-order valence-corrected chi connectivity index (χ0v) is 9.64. The molecule has 1 aliphatic heterocycles. The summed E-state index contributed by atoms with van der Waals surface area (Å²) in [5, 5.41) is 3.42. The average Bonchev–Trinajstić information content (AvgIpc) is 2.19. The molecule has 0 saturated carbocycles. The number of likely N-dealkylation sites (tertiary alicyclic amines) is 1. The van der Waals surface area contributed by atoms with E-state index < -0.39 is 0 Å². The monoisotopic (exact) mass is 248 g/mol. The van der Waals surface area contributed by atoms with Crippen LogP contribution in [0, 0.1) is 0 Å². The minimum atomic E-state index is 0.106. The van der Waals surface area contributed by atoms with E-state index >= 15 is 0 Å². The van der Waals surface area contributed by atoms with Gasteiger partial charge in [-0.2, -0.15) is 0 Å². The van der Waals surface area contributed by atoms with Gasteiger partial charge in [-0.05, 0) is 19.4 Å². The minimum absolute atomic E-state index is 0.106. The number of carbonyl (C=O) groups excluding carboxylic acids is 1. The molecule has 0 aromatic rings. The second kappa shape index (κ2) is 5.60. The molecule has 4 heteroatoms.